The van der Waals surface area contributed by atoms with Gasteiger partial charge in [0, 0.05) is 13.1 Å². The molecule has 0 saturated heterocycles. The fraction of sp³-hybridized carbons (Fsp3) is 0.350. The second-order valence-electron chi connectivity index (χ2n) is 6.84. The van der Waals surface area contributed by atoms with Gasteiger partial charge in [-0.2, -0.15) is 13.2 Å². The molecule has 0 radical (unpaired) electrons. The number of carboxylic acid groups (broad SMARTS) is 2. The molecule has 9 nitrogen and oxygen atoms in total. The van der Waals surface area contributed by atoms with Crippen LogP contribution in [0, 0.1) is 0 Å². The number of nitrogens with one attached hydrogen (secondary N) is 1. The average Bonchev–Trinajstić information content (AvgIpc) is 2.70. The zero-order chi connectivity index (χ0) is 25.2. The maximum absolute atomic E-state index is 11.7. The summed E-state index contributed by atoms with van der Waals surface area (Å²) in [7, 11) is -3.51. The van der Waals surface area contributed by atoms with Crippen molar-refractivity contribution in [2.24, 2.45) is 0 Å². The van der Waals surface area contributed by atoms with E-state index in [1.54, 1.807) is 0 Å². The molecule has 1 aromatic heterocycles. The number of benzene rings is 1. The smallest absolute Gasteiger partial charge is 0.478 e. The first-order valence-corrected chi connectivity index (χ1v) is 11.4. The maximum atomic E-state index is 11.7. The second-order valence-corrected chi connectivity index (χ2v) is 8.59. The van der Waals surface area contributed by atoms with E-state index in [2.05, 4.69) is 16.6 Å². The molecule has 0 bridgehead atoms. The summed E-state index contributed by atoms with van der Waals surface area (Å²) in [5.41, 5.74) is 1.13. The highest BCUT2D eigenvalue weighted by Gasteiger charge is 2.38. The maximum Gasteiger partial charge on any atom is 0.490 e. The summed E-state index contributed by atoms with van der Waals surface area (Å²) in [6, 6.07) is 11.0. The van der Waals surface area contributed by atoms with Crippen molar-refractivity contribution in [2.75, 3.05) is 22.4 Å². The quantitative estimate of drug-likeness (QED) is 0.484. The third-order valence-corrected chi connectivity index (χ3v) is 4.55. The molecule has 33 heavy (non-hydrogen) atoms. The first-order valence-electron chi connectivity index (χ1n) is 9.54. The van der Waals surface area contributed by atoms with Crippen molar-refractivity contribution in [3.8, 4) is 0 Å². The number of anilines is 2. The van der Waals surface area contributed by atoms with Gasteiger partial charge in [0.05, 0.1) is 18.1 Å². The van der Waals surface area contributed by atoms with E-state index in [9.17, 15) is 31.5 Å². The lowest BCUT2D eigenvalue weighted by atomic mass is 10.1. The van der Waals surface area contributed by atoms with Crippen molar-refractivity contribution in [1.82, 2.24) is 4.98 Å². The summed E-state index contributed by atoms with van der Waals surface area (Å²) in [6.07, 6.45) is -0.893. The van der Waals surface area contributed by atoms with Crippen LogP contribution in [-0.2, 0) is 21.4 Å². The van der Waals surface area contributed by atoms with E-state index in [0.29, 0.717) is 18.9 Å². The third kappa shape index (κ3) is 10.2. The number of halogens is 3. The van der Waals surface area contributed by atoms with Gasteiger partial charge in [-0.15, -0.1) is 0 Å². The molecule has 2 aromatic rings. The van der Waals surface area contributed by atoms with Crippen molar-refractivity contribution in [3.63, 3.8) is 0 Å². The number of pyridine rings is 1. The summed E-state index contributed by atoms with van der Waals surface area (Å²) in [5.74, 6) is -3.58. The van der Waals surface area contributed by atoms with Gasteiger partial charge < -0.3 is 15.1 Å². The molecule has 0 unspecified atom stereocenters. The van der Waals surface area contributed by atoms with Gasteiger partial charge >= 0.3 is 18.1 Å². The molecule has 2 rings (SSSR count). The number of hydrogen-bond donors (Lipinski definition) is 3. The minimum absolute atomic E-state index is 0.0364. The number of carboxylic acids is 2. The van der Waals surface area contributed by atoms with Crippen LogP contribution in [0.4, 0.5) is 24.7 Å². The molecule has 0 aliphatic heterocycles. The van der Waals surface area contributed by atoms with Crippen LogP contribution in [-0.4, -0.2) is 54.5 Å². The van der Waals surface area contributed by atoms with Crippen LogP contribution in [0.15, 0.2) is 42.6 Å². The highest BCUT2D eigenvalue weighted by Crippen LogP contribution is 2.24. The van der Waals surface area contributed by atoms with Gasteiger partial charge in [-0.1, -0.05) is 43.7 Å². The SMILES string of the molecule is CCCCN(Cc1ccccc1)c1ncc(NS(C)(=O)=O)cc1C(=O)O.O=C(O)C(F)(F)F. The molecule has 182 valence electrons. The molecule has 0 fully saturated rings. The molecule has 3 N–H and O–H groups in total. The Hall–Kier alpha value is -3.35. The lowest BCUT2D eigenvalue weighted by Crippen LogP contribution is -2.27. The third-order valence-electron chi connectivity index (χ3n) is 3.94. The van der Waals surface area contributed by atoms with E-state index in [4.69, 9.17) is 9.90 Å². The average molecular weight is 491 g/mol. The summed E-state index contributed by atoms with van der Waals surface area (Å²) >= 11 is 0. The highest BCUT2D eigenvalue weighted by atomic mass is 32.2. The first-order chi connectivity index (χ1) is 15.2. The Labute approximate surface area is 188 Å². The number of alkyl halides is 3. The zero-order valence-electron chi connectivity index (χ0n) is 17.8. The molecular weight excluding hydrogens is 467 g/mol. The lowest BCUT2D eigenvalue weighted by molar-refractivity contribution is -0.192. The van der Waals surface area contributed by atoms with Crippen molar-refractivity contribution < 1.29 is 41.4 Å². The Morgan fingerprint density at radius 3 is 2.18 bits per heavy atom. The molecule has 1 heterocycles. The number of aromatic carboxylic acids is 1. The topological polar surface area (TPSA) is 137 Å². The van der Waals surface area contributed by atoms with E-state index in [1.165, 1.54) is 12.3 Å². The summed E-state index contributed by atoms with van der Waals surface area (Å²) in [5, 5.41) is 16.7. The van der Waals surface area contributed by atoms with Gasteiger partial charge in [0.1, 0.15) is 11.4 Å². The number of aromatic nitrogens is 1. The Kier molecular flexibility index (Phi) is 10.1. The Morgan fingerprint density at radius 1 is 1.15 bits per heavy atom. The Bertz CT molecular complexity index is 1050. The first kappa shape index (κ1) is 27.7. The predicted molar refractivity (Wildman–Crippen MR) is 116 cm³/mol. The molecule has 0 saturated carbocycles. The minimum Gasteiger partial charge on any atom is -0.478 e. The van der Waals surface area contributed by atoms with Gasteiger partial charge in [-0.05, 0) is 18.1 Å². The van der Waals surface area contributed by atoms with Crippen molar-refractivity contribution in [2.45, 2.75) is 32.5 Å². The van der Waals surface area contributed by atoms with E-state index >= 15 is 0 Å². The fourth-order valence-corrected chi connectivity index (χ4v) is 3.09. The van der Waals surface area contributed by atoms with Gasteiger partial charge in [-0.3, -0.25) is 4.72 Å². The van der Waals surface area contributed by atoms with Crippen LogP contribution in [0.3, 0.4) is 0 Å². The number of nitrogens with zero attached hydrogens (tertiary/aromatic N) is 2. The van der Waals surface area contributed by atoms with Gasteiger partial charge in [0.25, 0.3) is 0 Å². The summed E-state index contributed by atoms with van der Waals surface area (Å²) in [4.78, 5) is 26.8. The normalized spacial score (nSPS) is 11.2. The van der Waals surface area contributed by atoms with Crippen LogP contribution in [0.1, 0.15) is 35.7 Å². The number of unbranched alkanes of at least 4 members (excludes halogenated alkanes) is 1. The highest BCUT2D eigenvalue weighted by molar-refractivity contribution is 7.92. The van der Waals surface area contributed by atoms with E-state index in [1.807, 2.05) is 35.2 Å². The molecule has 13 heteroatoms. The Morgan fingerprint density at radius 2 is 1.73 bits per heavy atom. The van der Waals surface area contributed by atoms with Gasteiger partial charge in [-0.25, -0.2) is 23.0 Å². The second kappa shape index (κ2) is 12.0. The van der Waals surface area contributed by atoms with Crippen LogP contribution in [0.25, 0.3) is 0 Å². The van der Waals surface area contributed by atoms with Crippen molar-refractivity contribution in [3.05, 3.63) is 53.7 Å². The van der Waals surface area contributed by atoms with Crippen molar-refractivity contribution in [1.29, 1.82) is 0 Å². The Balaban J connectivity index is 0.000000675. The number of hydrogen-bond acceptors (Lipinski definition) is 6. The number of sulfonamides is 1. The molecule has 1 aromatic carbocycles. The molecule has 0 aliphatic rings. The molecular formula is C20H24F3N3O6S. The monoisotopic (exact) mass is 491 g/mol. The van der Waals surface area contributed by atoms with E-state index in [-0.39, 0.29) is 11.3 Å². The van der Waals surface area contributed by atoms with Crippen LogP contribution in [0.5, 0.6) is 0 Å². The minimum atomic E-state index is -5.08. The summed E-state index contributed by atoms with van der Waals surface area (Å²) in [6.45, 7) is 3.23. The van der Waals surface area contributed by atoms with Crippen molar-refractivity contribution >= 4 is 33.5 Å². The largest absolute Gasteiger partial charge is 0.490 e. The van der Waals surface area contributed by atoms with Crippen LogP contribution >= 0.6 is 0 Å². The molecule has 0 atom stereocenters. The number of carbonyl (C=O) groups is 2. The van der Waals surface area contributed by atoms with Gasteiger partial charge in [0.15, 0.2) is 0 Å². The van der Waals surface area contributed by atoms with Crippen LogP contribution < -0.4 is 9.62 Å². The molecule has 0 aliphatic carbocycles. The van der Waals surface area contributed by atoms with E-state index < -0.39 is 28.1 Å². The van der Waals surface area contributed by atoms with Gasteiger partial charge in [0.2, 0.25) is 10.0 Å². The number of rotatable bonds is 9. The van der Waals surface area contributed by atoms with E-state index in [0.717, 1.165) is 24.7 Å². The standard InChI is InChI=1S/C18H23N3O4S.C2HF3O2/c1-3-4-10-21(13-14-8-6-5-7-9-14)17-16(18(22)23)11-15(12-19-17)20-26(2,24)25;3-2(4,5)1(6)7/h5-9,11-12,20H,3-4,10,13H2,1-2H3,(H,22,23);(H,6,7). The predicted octanol–water partition coefficient (Wildman–Crippen LogP) is 3.59. The lowest BCUT2D eigenvalue weighted by Gasteiger charge is -2.25. The van der Waals surface area contributed by atoms with Crippen LogP contribution in [0.2, 0.25) is 0 Å². The summed E-state index contributed by atoms with van der Waals surface area (Å²) < 4.78 is 56.8. The zero-order valence-corrected chi connectivity index (χ0v) is 18.7. The fourth-order valence-electron chi connectivity index (χ4n) is 2.55. The molecule has 0 amide bonds. The number of aliphatic carboxylic acids is 1. The molecule has 0 spiro atoms.